The van der Waals surface area contributed by atoms with E-state index in [1.54, 1.807) is 12.1 Å². The third-order valence-electron chi connectivity index (χ3n) is 3.40. The predicted molar refractivity (Wildman–Crippen MR) is 65.3 cm³/mol. The first-order valence-corrected chi connectivity index (χ1v) is 5.91. The number of halogens is 1. The van der Waals surface area contributed by atoms with Crippen molar-refractivity contribution in [1.82, 2.24) is 4.90 Å². The summed E-state index contributed by atoms with van der Waals surface area (Å²) in [4.78, 5) is 2.18. The number of rotatable bonds is 2. The highest BCUT2D eigenvalue weighted by atomic mass is 19.1. The van der Waals surface area contributed by atoms with Crippen LogP contribution in [0.1, 0.15) is 17.2 Å². The number of nitrogens with zero attached hydrogens (tertiary/aromatic N) is 1. The van der Waals surface area contributed by atoms with E-state index in [2.05, 4.69) is 4.90 Å². The molecule has 1 aliphatic heterocycles. The Morgan fingerprint density at radius 3 is 3.00 bits per heavy atom. The summed E-state index contributed by atoms with van der Waals surface area (Å²) >= 11 is 0. The van der Waals surface area contributed by atoms with Crippen molar-refractivity contribution in [3.05, 3.63) is 35.1 Å². The van der Waals surface area contributed by atoms with E-state index in [1.807, 2.05) is 14.0 Å². The molecule has 2 rings (SSSR count). The minimum atomic E-state index is -0.208. The van der Waals surface area contributed by atoms with Crippen molar-refractivity contribution >= 4 is 0 Å². The van der Waals surface area contributed by atoms with Crippen LogP contribution in [0.2, 0.25) is 0 Å². The smallest absolute Gasteiger partial charge is 0.123 e. The molecular formula is C13H19FN2O. The van der Waals surface area contributed by atoms with Gasteiger partial charge in [0.05, 0.1) is 18.8 Å². The lowest BCUT2D eigenvalue weighted by atomic mass is 9.94. The van der Waals surface area contributed by atoms with Gasteiger partial charge in [-0.3, -0.25) is 4.90 Å². The van der Waals surface area contributed by atoms with Gasteiger partial charge in [0.25, 0.3) is 0 Å². The topological polar surface area (TPSA) is 38.5 Å². The Hall–Kier alpha value is -0.970. The van der Waals surface area contributed by atoms with E-state index in [1.165, 1.54) is 6.07 Å². The molecule has 0 bridgehead atoms. The Morgan fingerprint density at radius 1 is 1.53 bits per heavy atom. The number of nitrogens with two attached hydrogens (primary N) is 1. The van der Waals surface area contributed by atoms with Crippen molar-refractivity contribution in [3.8, 4) is 0 Å². The summed E-state index contributed by atoms with van der Waals surface area (Å²) in [6, 6.07) is 4.93. The molecule has 0 aromatic heterocycles. The summed E-state index contributed by atoms with van der Waals surface area (Å²) in [6.07, 6.45) is -0.0609. The average Bonchev–Trinajstić information content (AvgIpc) is 2.32. The van der Waals surface area contributed by atoms with Gasteiger partial charge in [-0.05, 0) is 37.2 Å². The summed E-state index contributed by atoms with van der Waals surface area (Å²) in [7, 11) is 2.03. The van der Waals surface area contributed by atoms with Gasteiger partial charge in [0.1, 0.15) is 5.82 Å². The van der Waals surface area contributed by atoms with Gasteiger partial charge in [-0.15, -0.1) is 0 Å². The molecular weight excluding hydrogens is 219 g/mol. The van der Waals surface area contributed by atoms with E-state index in [-0.39, 0.29) is 18.0 Å². The first-order chi connectivity index (χ1) is 8.13. The molecule has 1 saturated heterocycles. The predicted octanol–water partition coefficient (Wildman–Crippen LogP) is 1.46. The number of benzene rings is 1. The molecule has 0 spiro atoms. The molecule has 2 unspecified atom stereocenters. The van der Waals surface area contributed by atoms with Crippen molar-refractivity contribution in [2.75, 3.05) is 26.7 Å². The van der Waals surface area contributed by atoms with Gasteiger partial charge >= 0.3 is 0 Å². The molecule has 17 heavy (non-hydrogen) atoms. The fourth-order valence-corrected chi connectivity index (χ4v) is 2.43. The fraction of sp³-hybridized carbons (Fsp3) is 0.538. The number of likely N-dealkylation sites (N-methyl/N-ethyl adjacent to an activating group) is 1. The quantitative estimate of drug-likeness (QED) is 0.848. The molecule has 1 aromatic rings. The zero-order valence-electron chi connectivity index (χ0n) is 10.3. The van der Waals surface area contributed by atoms with Gasteiger partial charge in [-0.1, -0.05) is 6.07 Å². The van der Waals surface area contributed by atoms with E-state index in [4.69, 9.17) is 10.5 Å². The van der Waals surface area contributed by atoms with Crippen LogP contribution in [0, 0.1) is 12.7 Å². The lowest BCUT2D eigenvalue weighted by Crippen LogP contribution is -2.46. The van der Waals surface area contributed by atoms with E-state index in [9.17, 15) is 4.39 Å². The molecule has 94 valence electrons. The van der Waals surface area contributed by atoms with Gasteiger partial charge in [0, 0.05) is 13.1 Å². The van der Waals surface area contributed by atoms with Crippen molar-refractivity contribution in [3.63, 3.8) is 0 Å². The highest BCUT2D eigenvalue weighted by Crippen LogP contribution is 2.30. The van der Waals surface area contributed by atoms with Gasteiger partial charge in [0.2, 0.25) is 0 Å². The molecule has 1 aromatic carbocycles. The SMILES string of the molecule is Cc1ccc(F)cc1C1C(CN)OCCN1C. The summed E-state index contributed by atoms with van der Waals surface area (Å²) < 4.78 is 19.0. The number of hydrogen-bond acceptors (Lipinski definition) is 3. The average molecular weight is 238 g/mol. The van der Waals surface area contributed by atoms with Gasteiger partial charge in [0.15, 0.2) is 0 Å². The maximum absolute atomic E-state index is 13.4. The Kier molecular flexibility index (Phi) is 3.76. The second kappa shape index (κ2) is 5.12. The second-order valence-electron chi connectivity index (χ2n) is 4.57. The van der Waals surface area contributed by atoms with Crippen LogP contribution in [-0.2, 0) is 4.74 Å². The number of aryl methyl sites for hydroxylation is 1. The van der Waals surface area contributed by atoms with Crippen molar-refractivity contribution in [2.24, 2.45) is 5.73 Å². The maximum Gasteiger partial charge on any atom is 0.123 e. The van der Waals surface area contributed by atoms with Crippen LogP contribution < -0.4 is 5.73 Å². The highest BCUT2D eigenvalue weighted by molar-refractivity contribution is 5.31. The first-order valence-electron chi connectivity index (χ1n) is 5.91. The molecule has 3 nitrogen and oxygen atoms in total. The Balaban J connectivity index is 2.37. The van der Waals surface area contributed by atoms with Crippen molar-refractivity contribution in [2.45, 2.75) is 19.1 Å². The third-order valence-corrected chi connectivity index (χ3v) is 3.40. The first kappa shape index (κ1) is 12.5. The maximum atomic E-state index is 13.4. The van der Waals surface area contributed by atoms with Crippen LogP contribution in [0.4, 0.5) is 4.39 Å². The molecule has 0 radical (unpaired) electrons. The van der Waals surface area contributed by atoms with Crippen molar-refractivity contribution < 1.29 is 9.13 Å². The molecule has 1 fully saturated rings. The Labute approximate surface area is 101 Å². The third kappa shape index (κ3) is 2.49. The molecule has 1 aliphatic rings. The van der Waals surface area contributed by atoms with Gasteiger partial charge < -0.3 is 10.5 Å². The molecule has 2 N–H and O–H groups in total. The number of ether oxygens (including phenoxy) is 1. The number of morpholine rings is 1. The molecule has 0 saturated carbocycles. The molecule has 2 atom stereocenters. The molecule has 4 heteroatoms. The lowest BCUT2D eigenvalue weighted by Gasteiger charge is -2.39. The Morgan fingerprint density at radius 2 is 2.29 bits per heavy atom. The van der Waals surface area contributed by atoms with Crippen LogP contribution in [0.25, 0.3) is 0 Å². The van der Waals surface area contributed by atoms with Crippen molar-refractivity contribution in [1.29, 1.82) is 0 Å². The minimum Gasteiger partial charge on any atom is -0.374 e. The van der Waals surface area contributed by atoms with E-state index >= 15 is 0 Å². The van der Waals surface area contributed by atoms with Gasteiger partial charge in [-0.25, -0.2) is 4.39 Å². The van der Waals surface area contributed by atoms with Crippen LogP contribution in [0.15, 0.2) is 18.2 Å². The van der Waals surface area contributed by atoms with E-state index in [0.29, 0.717) is 13.2 Å². The lowest BCUT2D eigenvalue weighted by molar-refractivity contribution is -0.0579. The zero-order valence-corrected chi connectivity index (χ0v) is 10.3. The minimum absolute atomic E-state index is 0.0458. The number of hydrogen-bond donors (Lipinski definition) is 1. The highest BCUT2D eigenvalue weighted by Gasteiger charge is 2.31. The van der Waals surface area contributed by atoms with Crippen LogP contribution >= 0.6 is 0 Å². The van der Waals surface area contributed by atoms with Crippen LogP contribution in [0.5, 0.6) is 0 Å². The van der Waals surface area contributed by atoms with E-state index < -0.39 is 0 Å². The van der Waals surface area contributed by atoms with E-state index in [0.717, 1.165) is 17.7 Å². The van der Waals surface area contributed by atoms with Crippen LogP contribution in [0.3, 0.4) is 0 Å². The summed E-state index contributed by atoms with van der Waals surface area (Å²) in [5.41, 5.74) is 7.79. The standard InChI is InChI=1S/C13H19FN2O/c1-9-3-4-10(14)7-11(9)13-12(8-15)17-6-5-16(13)2/h3-4,7,12-13H,5-6,8,15H2,1-2H3. The van der Waals surface area contributed by atoms with Gasteiger partial charge in [-0.2, -0.15) is 0 Å². The fourth-order valence-electron chi connectivity index (χ4n) is 2.43. The molecule has 0 aliphatic carbocycles. The van der Waals surface area contributed by atoms with Crippen LogP contribution in [-0.4, -0.2) is 37.7 Å². The summed E-state index contributed by atoms with van der Waals surface area (Å²) in [6.45, 7) is 3.97. The molecule has 1 heterocycles. The second-order valence-corrected chi connectivity index (χ2v) is 4.57. The largest absolute Gasteiger partial charge is 0.374 e. The summed E-state index contributed by atoms with van der Waals surface area (Å²) in [5, 5.41) is 0. The Bertz CT molecular complexity index is 397. The monoisotopic (exact) mass is 238 g/mol. The normalized spacial score (nSPS) is 26.1. The molecule has 0 amide bonds. The zero-order chi connectivity index (χ0) is 12.4. The summed E-state index contributed by atoms with van der Waals surface area (Å²) in [5.74, 6) is -0.208.